The molecule has 0 saturated carbocycles. The number of rotatable bonds is 18. The van der Waals surface area contributed by atoms with Crippen LogP contribution in [0.4, 0.5) is 0 Å². The zero-order chi connectivity index (χ0) is 17.9. The van der Waals surface area contributed by atoms with Crippen molar-refractivity contribution in [3.63, 3.8) is 0 Å². The average Bonchev–Trinajstić information content (AvgIpc) is 2.56. The second-order valence-corrected chi connectivity index (χ2v) is 6.63. The summed E-state index contributed by atoms with van der Waals surface area (Å²) in [5, 5.41) is 11.5. The number of carbonyl (C=O) groups is 2. The Kier molecular flexibility index (Phi) is 17.4. The Labute approximate surface area is 147 Å². The van der Waals surface area contributed by atoms with Gasteiger partial charge in [-0.25, -0.2) is 0 Å². The van der Waals surface area contributed by atoms with Crippen LogP contribution >= 0.6 is 0 Å². The molecular formula is C19H38N2O3. The van der Waals surface area contributed by atoms with Crippen molar-refractivity contribution in [1.29, 1.82) is 0 Å². The van der Waals surface area contributed by atoms with Crippen LogP contribution in [0.1, 0.15) is 96.3 Å². The van der Waals surface area contributed by atoms with E-state index in [-0.39, 0.29) is 5.91 Å². The van der Waals surface area contributed by atoms with Crippen LogP contribution in [0.5, 0.6) is 0 Å². The van der Waals surface area contributed by atoms with Gasteiger partial charge in [-0.15, -0.1) is 0 Å². The molecule has 0 rings (SSSR count). The zero-order valence-electron chi connectivity index (χ0n) is 15.4. The lowest BCUT2D eigenvalue weighted by Gasteiger charge is -2.05. The third kappa shape index (κ3) is 18.9. The van der Waals surface area contributed by atoms with E-state index in [1.54, 1.807) is 0 Å². The number of carbonyl (C=O) groups excluding carboxylic acids is 1. The SMILES string of the molecule is NCCCC(=O)NCCCCCCCCCCCCCCC(=O)O. The summed E-state index contributed by atoms with van der Waals surface area (Å²) in [6.07, 6.45) is 15.9. The summed E-state index contributed by atoms with van der Waals surface area (Å²) in [5.74, 6) is -0.549. The largest absolute Gasteiger partial charge is 0.481 e. The standard InChI is InChI=1S/C19H38N2O3/c20-16-13-14-18(22)21-17-12-10-8-6-4-2-1-3-5-7-9-11-15-19(23)24/h1-17,20H2,(H,21,22)(H,23,24). The highest BCUT2D eigenvalue weighted by Gasteiger charge is 1.99. The Morgan fingerprint density at radius 2 is 1.12 bits per heavy atom. The molecule has 0 aromatic heterocycles. The topological polar surface area (TPSA) is 92.4 Å². The highest BCUT2D eigenvalue weighted by Crippen LogP contribution is 2.12. The third-order valence-electron chi connectivity index (χ3n) is 4.25. The van der Waals surface area contributed by atoms with E-state index in [1.165, 1.54) is 57.8 Å². The van der Waals surface area contributed by atoms with Crippen molar-refractivity contribution in [2.75, 3.05) is 13.1 Å². The van der Waals surface area contributed by atoms with Gasteiger partial charge in [0.05, 0.1) is 0 Å². The molecule has 5 heteroatoms. The van der Waals surface area contributed by atoms with Gasteiger partial charge in [-0.2, -0.15) is 0 Å². The fraction of sp³-hybridized carbons (Fsp3) is 0.895. The monoisotopic (exact) mass is 342 g/mol. The van der Waals surface area contributed by atoms with Gasteiger partial charge < -0.3 is 16.2 Å². The van der Waals surface area contributed by atoms with Crippen LogP contribution in [0.15, 0.2) is 0 Å². The van der Waals surface area contributed by atoms with Crippen molar-refractivity contribution >= 4 is 11.9 Å². The van der Waals surface area contributed by atoms with Crippen LogP contribution in [-0.2, 0) is 9.59 Å². The van der Waals surface area contributed by atoms with Crippen LogP contribution in [0.2, 0.25) is 0 Å². The van der Waals surface area contributed by atoms with Crippen LogP contribution < -0.4 is 11.1 Å². The summed E-state index contributed by atoms with van der Waals surface area (Å²) in [6.45, 7) is 1.38. The maximum Gasteiger partial charge on any atom is 0.303 e. The lowest BCUT2D eigenvalue weighted by Crippen LogP contribution is -2.24. The fourth-order valence-electron chi connectivity index (χ4n) is 2.75. The van der Waals surface area contributed by atoms with Crippen molar-refractivity contribution in [3.05, 3.63) is 0 Å². The number of amides is 1. The Bertz CT molecular complexity index is 309. The van der Waals surface area contributed by atoms with Gasteiger partial charge in [-0.3, -0.25) is 9.59 Å². The lowest BCUT2D eigenvalue weighted by molar-refractivity contribution is -0.137. The van der Waals surface area contributed by atoms with Gasteiger partial charge in [0.15, 0.2) is 0 Å². The molecule has 0 aliphatic rings. The molecule has 0 bridgehead atoms. The van der Waals surface area contributed by atoms with Crippen molar-refractivity contribution in [3.8, 4) is 0 Å². The molecule has 4 N–H and O–H groups in total. The first-order valence-corrected chi connectivity index (χ1v) is 9.85. The number of hydrogen-bond acceptors (Lipinski definition) is 3. The summed E-state index contributed by atoms with van der Waals surface area (Å²) in [5.41, 5.74) is 5.37. The molecule has 0 aromatic rings. The Hall–Kier alpha value is -1.10. The van der Waals surface area contributed by atoms with Crippen LogP contribution in [0.25, 0.3) is 0 Å². The van der Waals surface area contributed by atoms with Crippen molar-refractivity contribution < 1.29 is 14.7 Å². The van der Waals surface area contributed by atoms with Gasteiger partial charge >= 0.3 is 5.97 Å². The molecule has 0 aliphatic heterocycles. The van der Waals surface area contributed by atoms with E-state index in [0.29, 0.717) is 19.4 Å². The summed E-state index contributed by atoms with van der Waals surface area (Å²) in [6, 6.07) is 0. The molecule has 0 spiro atoms. The second-order valence-electron chi connectivity index (χ2n) is 6.63. The fourth-order valence-corrected chi connectivity index (χ4v) is 2.75. The van der Waals surface area contributed by atoms with Crippen LogP contribution in [0.3, 0.4) is 0 Å². The van der Waals surface area contributed by atoms with Crippen LogP contribution in [-0.4, -0.2) is 30.1 Å². The highest BCUT2D eigenvalue weighted by molar-refractivity contribution is 5.75. The van der Waals surface area contributed by atoms with Gasteiger partial charge in [-0.05, 0) is 25.8 Å². The third-order valence-corrected chi connectivity index (χ3v) is 4.25. The minimum Gasteiger partial charge on any atom is -0.481 e. The summed E-state index contributed by atoms with van der Waals surface area (Å²) in [7, 11) is 0. The zero-order valence-corrected chi connectivity index (χ0v) is 15.4. The molecule has 0 heterocycles. The molecule has 0 fully saturated rings. The number of aliphatic carboxylic acids is 1. The Morgan fingerprint density at radius 1 is 0.667 bits per heavy atom. The normalized spacial score (nSPS) is 10.7. The molecule has 1 amide bonds. The smallest absolute Gasteiger partial charge is 0.303 e. The highest BCUT2D eigenvalue weighted by atomic mass is 16.4. The van der Waals surface area contributed by atoms with E-state index in [9.17, 15) is 9.59 Å². The minimum absolute atomic E-state index is 0.128. The predicted molar refractivity (Wildman–Crippen MR) is 99.0 cm³/mol. The maximum atomic E-state index is 11.4. The van der Waals surface area contributed by atoms with Crippen molar-refractivity contribution in [2.24, 2.45) is 5.73 Å². The van der Waals surface area contributed by atoms with Gasteiger partial charge in [0.2, 0.25) is 5.91 Å². The molecule has 0 saturated heterocycles. The first-order valence-electron chi connectivity index (χ1n) is 9.85. The number of unbranched alkanes of at least 4 members (excludes halogenated alkanes) is 11. The van der Waals surface area contributed by atoms with Crippen molar-refractivity contribution in [2.45, 2.75) is 96.3 Å². The second kappa shape index (κ2) is 18.2. The number of carboxylic acids is 1. The quantitative estimate of drug-likeness (QED) is 0.328. The Morgan fingerprint density at radius 3 is 1.58 bits per heavy atom. The van der Waals surface area contributed by atoms with E-state index >= 15 is 0 Å². The summed E-state index contributed by atoms with van der Waals surface area (Å²) < 4.78 is 0. The molecule has 5 nitrogen and oxygen atoms in total. The first kappa shape index (κ1) is 22.9. The number of nitrogens with one attached hydrogen (secondary N) is 1. The molecular weight excluding hydrogens is 304 g/mol. The lowest BCUT2D eigenvalue weighted by atomic mass is 10.0. The van der Waals surface area contributed by atoms with E-state index in [4.69, 9.17) is 10.8 Å². The first-order chi connectivity index (χ1) is 11.7. The van der Waals surface area contributed by atoms with Crippen molar-refractivity contribution in [1.82, 2.24) is 5.32 Å². The minimum atomic E-state index is -0.677. The molecule has 0 radical (unpaired) electrons. The predicted octanol–water partition coefficient (Wildman–Crippen LogP) is 4.00. The molecule has 0 aliphatic carbocycles. The van der Waals surface area contributed by atoms with E-state index in [0.717, 1.165) is 32.2 Å². The van der Waals surface area contributed by atoms with E-state index < -0.39 is 5.97 Å². The molecule has 0 unspecified atom stereocenters. The molecule has 0 atom stereocenters. The number of carboxylic acid groups (broad SMARTS) is 1. The molecule has 24 heavy (non-hydrogen) atoms. The molecule has 142 valence electrons. The molecule has 0 aromatic carbocycles. The van der Waals surface area contributed by atoms with Gasteiger partial charge in [0.25, 0.3) is 0 Å². The van der Waals surface area contributed by atoms with Gasteiger partial charge in [0, 0.05) is 19.4 Å². The average molecular weight is 343 g/mol. The maximum absolute atomic E-state index is 11.4. The number of hydrogen-bond donors (Lipinski definition) is 3. The Balaban J connectivity index is 3.07. The van der Waals surface area contributed by atoms with Crippen LogP contribution in [0, 0.1) is 0 Å². The number of nitrogens with two attached hydrogens (primary N) is 1. The summed E-state index contributed by atoms with van der Waals surface area (Å²) in [4.78, 5) is 21.7. The van der Waals surface area contributed by atoms with Gasteiger partial charge in [0.1, 0.15) is 0 Å². The summed E-state index contributed by atoms with van der Waals surface area (Å²) >= 11 is 0. The van der Waals surface area contributed by atoms with Gasteiger partial charge in [-0.1, -0.05) is 64.2 Å². The van der Waals surface area contributed by atoms with E-state index in [1.807, 2.05) is 0 Å². The van der Waals surface area contributed by atoms with E-state index in [2.05, 4.69) is 5.32 Å².